The quantitative estimate of drug-likeness (QED) is 0.853. The molecule has 0 N–H and O–H groups in total. The lowest BCUT2D eigenvalue weighted by Gasteiger charge is -2.31. The Morgan fingerprint density at radius 1 is 1.00 bits per heavy atom. The molecule has 23 heavy (non-hydrogen) atoms. The van der Waals surface area contributed by atoms with Crippen molar-refractivity contribution in [1.29, 1.82) is 0 Å². The van der Waals surface area contributed by atoms with Gasteiger partial charge in [-0.15, -0.1) is 0 Å². The van der Waals surface area contributed by atoms with Gasteiger partial charge in [0.05, 0.1) is 14.2 Å². The zero-order valence-electron chi connectivity index (χ0n) is 14.1. The molecule has 3 heteroatoms. The van der Waals surface area contributed by atoms with Crippen LogP contribution in [0.4, 0.5) is 0 Å². The molecule has 2 atom stereocenters. The Labute approximate surface area is 137 Å². The molecule has 0 saturated carbocycles. The Morgan fingerprint density at radius 2 is 1.65 bits per heavy atom. The van der Waals surface area contributed by atoms with Crippen molar-refractivity contribution < 1.29 is 14.3 Å². The van der Waals surface area contributed by atoms with Gasteiger partial charge in [0.1, 0.15) is 11.5 Å². The van der Waals surface area contributed by atoms with Crippen molar-refractivity contribution in [2.24, 2.45) is 5.92 Å². The molecule has 0 heterocycles. The Balaban J connectivity index is 2.01. The van der Waals surface area contributed by atoms with Crippen LogP contribution in [0.2, 0.25) is 0 Å². The van der Waals surface area contributed by atoms with Gasteiger partial charge in [-0.2, -0.15) is 0 Å². The van der Waals surface area contributed by atoms with Crippen molar-refractivity contribution in [1.82, 2.24) is 0 Å². The minimum atomic E-state index is -0.0401. The molecule has 0 amide bonds. The third-order valence-corrected chi connectivity index (χ3v) is 4.92. The summed E-state index contributed by atoms with van der Waals surface area (Å²) in [4.78, 5) is 12.8. The molecule has 3 rings (SSSR count). The lowest BCUT2D eigenvalue weighted by molar-refractivity contribution is 0.0897. The standard InChI is InChI=1S/C20H22O3/c1-12-9-15(22-3)7-8-17(12)18-10-14-5-6-16(23-4)11-19(14)20(21)13(18)2/h5-9,11,13,18H,10H2,1-4H3. The highest BCUT2D eigenvalue weighted by molar-refractivity contribution is 6.01. The zero-order valence-corrected chi connectivity index (χ0v) is 14.1. The summed E-state index contributed by atoms with van der Waals surface area (Å²) in [6.45, 7) is 4.11. The molecule has 1 aliphatic carbocycles. The molecular formula is C20H22O3. The van der Waals surface area contributed by atoms with Gasteiger partial charge in [-0.05, 0) is 60.2 Å². The maximum Gasteiger partial charge on any atom is 0.166 e. The van der Waals surface area contributed by atoms with Crippen molar-refractivity contribution >= 4 is 5.78 Å². The van der Waals surface area contributed by atoms with E-state index in [4.69, 9.17) is 9.47 Å². The second-order valence-corrected chi connectivity index (χ2v) is 6.21. The van der Waals surface area contributed by atoms with Crippen molar-refractivity contribution in [3.05, 3.63) is 58.7 Å². The highest BCUT2D eigenvalue weighted by Gasteiger charge is 2.34. The fourth-order valence-corrected chi connectivity index (χ4v) is 3.50. The molecule has 0 aliphatic heterocycles. The molecule has 0 spiro atoms. The maximum atomic E-state index is 12.8. The molecule has 2 aromatic rings. The van der Waals surface area contributed by atoms with Crippen LogP contribution in [0.3, 0.4) is 0 Å². The molecule has 0 radical (unpaired) electrons. The van der Waals surface area contributed by atoms with E-state index in [1.54, 1.807) is 14.2 Å². The summed E-state index contributed by atoms with van der Waals surface area (Å²) in [5, 5.41) is 0. The van der Waals surface area contributed by atoms with Gasteiger partial charge in [0, 0.05) is 11.5 Å². The number of Topliss-reactive ketones (excluding diaryl/α,β-unsaturated/α-hetero) is 1. The minimum absolute atomic E-state index is 0.0401. The van der Waals surface area contributed by atoms with E-state index in [2.05, 4.69) is 13.0 Å². The number of hydrogen-bond acceptors (Lipinski definition) is 3. The Morgan fingerprint density at radius 3 is 2.30 bits per heavy atom. The van der Waals surface area contributed by atoms with E-state index in [1.807, 2.05) is 37.3 Å². The van der Waals surface area contributed by atoms with Crippen LogP contribution in [0, 0.1) is 12.8 Å². The predicted molar refractivity (Wildman–Crippen MR) is 90.7 cm³/mol. The number of ether oxygens (including phenoxy) is 2. The molecular weight excluding hydrogens is 288 g/mol. The van der Waals surface area contributed by atoms with Crippen molar-refractivity contribution in [3.63, 3.8) is 0 Å². The summed E-state index contributed by atoms with van der Waals surface area (Å²) in [6.07, 6.45) is 0.874. The van der Waals surface area contributed by atoms with Gasteiger partial charge in [-0.25, -0.2) is 0 Å². The van der Waals surface area contributed by atoms with E-state index in [-0.39, 0.29) is 17.6 Å². The molecule has 0 saturated heterocycles. The molecule has 0 fully saturated rings. The third kappa shape index (κ3) is 2.72. The van der Waals surface area contributed by atoms with Crippen LogP contribution in [0.15, 0.2) is 36.4 Å². The van der Waals surface area contributed by atoms with E-state index >= 15 is 0 Å². The number of fused-ring (bicyclic) bond motifs is 1. The molecule has 0 bridgehead atoms. The van der Waals surface area contributed by atoms with Crippen LogP contribution in [-0.2, 0) is 6.42 Å². The van der Waals surface area contributed by atoms with Gasteiger partial charge >= 0.3 is 0 Å². The Kier molecular flexibility index (Phi) is 4.12. The number of aryl methyl sites for hydroxylation is 1. The number of hydrogen-bond donors (Lipinski definition) is 0. The number of methoxy groups -OCH3 is 2. The van der Waals surface area contributed by atoms with Crippen LogP contribution in [0.5, 0.6) is 11.5 Å². The second-order valence-electron chi connectivity index (χ2n) is 6.21. The lowest BCUT2D eigenvalue weighted by Crippen LogP contribution is -2.28. The van der Waals surface area contributed by atoms with Gasteiger partial charge < -0.3 is 9.47 Å². The van der Waals surface area contributed by atoms with Gasteiger partial charge in [-0.1, -0.05) is 19.1 Å². The van der Waals surface area contributed by atoms with Gasteiger partial charge in [-0.3, -0.25) is 4.79 Å². The fraction of sp³-hybridized carbons (Fsp3) is 0.350. The van der Waals surface area contributed by atoms with E-state index < -0.39 is 0 Å². The highest BCUT2D eigenvalue weighted by atomic mass is 16.5. The zero-order chi connectivity index (χ0) is 16.6. The number of ketones is 1. The predicted octanol–water partition coefficient (Wildman–Crippen LogP) is 4.17. The van der Waals surface area contributed by atoms with E-state index in [1.165, 1.54) is 11.1 Å². The summed E-state index contributed by atoms with van der Waals surface area (Å²) in [5.74, 6) is 1.95. The van der Waals surface area contributed by atoms with Crippen molar-refractivity contribution in [3.8, 4) is 11.5 Å². The van der Waals surface area contributed by atoms with Crippen LogP contribution in [0.25, 0.3) is 0 Å². The first-order valence-electron chi connectivity index (χ1n) is 7.90. The average Bonchev–Trinajstić information content (AvgIpc) is 2.58. The number of carbonyl (C=O) groups excluding carboxylic acids is 1. The van der Waals surface area contributed by atoms with Crippen molar-refractivity contribution in [2.75, 3.05) is 14.2 Å². The fourth-order valence-electron chi connectivity index (χ4n) is 3.50. The maximum absolute atomic E-state index is 12.8. The SMILES string of the molecule is COc1ccc(C2Cc3ccc(OC)cc3C(=O)C2C)c(C)c1. The Bertz CT molecular complexity index is 749. The number of rotatable bonds is 3. The lowest BCUT2D eigenvalue weighted by atomic mass is 9.72. The molecule has 3 nitrogen and oxygen atoms in total. The van der Waals surface area contributed by atoms with Crippen molar-refractivity contribution in [2.45, 2.75) is 26.2 Å². The summed E-state index contributed by atoms with van der Waals surface area (Å²) < 4.78 is 10.5. The van der Waals surface area contributed by atoms with Crippen LogP contribution < -0.4 is 9.47 Å². The summed E-state index contributed by atoms with van der Waals surface area (Å²) in [5.41, 5.74) is 4.31. The summed E-state index contributed by atoms with van der Waals surface area (Å²) in [6, 6.07) is 11.9. The molecule has 120 valence electrons. The topological polar surface area (TPSA) is 35.5 Å². The first-order chi connectivity index (χ1) is 11.0. The Hall–Kier alpha value is -2.29. The second kappa shape index (κ2) is 6.07. The minimum Gasteiger partial charge on any atom is -0.497 e. The van der Waals surface area contributed by atoms with Gasteiger partial charge in [0.2, 0.25) is 0 Å². The monoisotopic (exact) mass is 310 g/mol. The van der Waals surface area contributed by atoms with E-state index in [0.717, 1.165) is 29.0 Å². The first kappa shape index (κ1) is 15.6. The van der Waals surface area contributed by atoms with Crippen LogP contribution >= 0.6 is 0 Å². The first-order valence-corrected chi connectivity index (χ1v) is 7.90. The van der Waals surface area contributed by atoms with Crippen LogP contribution in [0.1, 0.15) is 39.9 Å². The number of benzene rings is 2. The van der Waals surface area contributed by atoms with E-state index in [0.29, 0.717) is 0 Å². The summed E-state index contributed by atoms with van der Waals surface area (Å²) >= 11 is 0. The average molecular weight is 310 g/mol. The van der Waals surface area contributed by atoms with E-state index in [9.17, 15) is 4.79 Å². The molecule has 2 unspecified atom stereocenters. The normalized spacial score (nSPS) is 20.1. The molecule has 0 aromatic heterocycles. The molecule has 1 aliphatic rings. The van der Waals surface area contributed by atoms with Gasteiger partial charge in [0.25, 0.3) is 0 Å². The van der Waals surface area contributed by atoms with Gasteiger partial charge in [0.15, 0.2) is 5.78 Å². The van der Waals surface area contributed by atoms with Crippen LogP contribution in [-0.4, -0.2) is 20.0 Å². The third-order valence-electron chi connectivity index (χ3n) is 4.92. The smallest absolute Gasteiger partial charge is 0.166 e. The number of carbonyl (C=O) groups is 1. The molecule has 2 aromatic carbocycles. The largest absolute Gasteiger partial charge is 0.497 e. The highest BCUT2D eigenvalue weighted by Crippen LogP contribution is 2.39. The summed E-state index contributed by atoms with van der Waals surface area (Å²) in [7, 11) is 3.30.